The Hall–Kier alpha value is -3.00. The highest BCUT2D eigenvalue weighted by Crippen LogP contribution is 2.34. The van der Waals surface area contributed by atoms with Crippen molar-refractivity contribution in [3.8, 4) is 0 Å². The number of anilines is 2. The lowest BCUT2D eigenvalue weighted by atomic mass is 10.3. The standard InChI is InChI=1S/C17H18N6O2/c18-16-20-15(13-5-6-14(25-13)22-7-9-24-10-8-22)23-12-4-2-1-3-11(12)19-17(23)21-16/h1-6,15H,7-10H2,(H3,18,19,20,21). The number of nitrogens with zero attached hydrogens (tertiary/aromatic N) is 4. The molecule has 0 radical (unpaired) electrons. The summed E-state index contributed by atoms with van der Waals surface area (Å²) in [5.41, 5.74) is 7.84. The fraction of sp³-hybridized carbons (Fsp3) is 0.294. The second kappa shape index (κ2) is 5.52. The SMILES string of the molecule is NC1=NC(c2ccc(N3CCOCC3)o2)n2c(nc3ccccc32)N1. The first-order valence-electron chi connectivity index (χ1n) is 8.29. The van der Waals surface area contributed by atoms with Crippen LogP contribution < -0.4 is 16.0 Å². The van der Waals surface area contributed by atoms with E-state index >= 15 is 0 Å². The fourth-order valence-electron chi connectivity index (χ4n) is 3.34. The number of para-hydroxylation sites is 2. The zero-order valence-corrected chi connectivity index (χ0v) is 13.6. The number of fused-ring (bicyclic) bond motifs is 3. The van der Waals surface area contributed by atoms with E-state index in [1.165, 1.54) is 0 Å². The van der Waals surface area contributed by atoms with Gasteiger partial charge >= 0.3 is 0 Å². The molecule has 1 unspecified atom stereocenters. The zero-order chi connectivity index (χ0) is 16.8. The monoisotopic (exact) mass is 338 g/mol. The highest BCUT2D eigenvalue weighted by atomic mass is 16.5. The minimum atomic E-state index is -0.376. The number of furan rings is 1. The van der Waals surface area contributed by atoms with E-state index in [-0.39, 0.29) is 6.17 Å². The largest absolute Gasteiger partial charge is 0.441 e. The molecular formula is C17H18N6O2. The van der Waals surface area contributed by atoms with E-state index in [0.717, 1.165) is 35.8 Å². The highest BCUT2D eigenvalue weighted by molar-refractivity contribution is 5.94. The van der Waals surface area contributed by atoms with Crippen LogP contribution in [-0.2, 0) is 4.74 Å². The Bertz CT molecular complexity index is 953. The van der Waals surface area contributed by atoms with Crippen LogP contribution in [-0.4, -0.2) is 41.8 Å². The van der Waals surface area contributed by atoms with Crippen LogP contribution in [0.2, 0.25) is 0 Å². The van der Waals surface area contributed by atoms with Gasteiger partial charge in [0.15, 0.2) is 23.8 Å². The van der Waals surface area contributed by atoms with Gasteiger partial charge in [0, 0.05) is 19.2 Å². The predicted octanol–water partition coefficient (Wildman–Crippen LogP) is 1.75. The van der Waals surface area contributed by atoms with Gasteiger partial charge in [-0.1, -0.05) is 12.1 Å². The molecule has 1 fully saturated rings. The minimum absolute atomic E-state index is 0.331. The number of hydrogen-bond acceptors (Lipinski definition) is 7. The third-order valence-electron chi connectivity index (χ3n) is 4.53. The van der Waals surface area contributed by atoms with Gasteiger partial charge in [-0.15, -0.1) is 0 Å². The Kier molecular flexibility index (Phi) is 3.17. The third kappa shape index (κ3) is 2.33. The lowest BCUT2D eigenvalue weighted by molar-refractivity contribution is 0.120. The number of rotatable bonds is 2. The van der Waals surface area contributed by atoms with Crippen LogP contribution in [0.4, 0.5) is 11.8 Å². The molecule has 25 heavy (non-hydrogen) atoms. The molecule has 0 saturated carbocycles. The molecule has 0 bridgehead atoms. The van der Waals surface area contributed by atoms with Crippen molar-refractivity contribution < 1.29 is 9.15 Å². The van der Waals surface area contributed by atoms with Crippen molar-refractivity contribution in [2.75, 3.05) is 36.5 Å². The van der Waals surface area contributed by atoms with Crippen molar-refractivity contribution in [3.63, 3.8) is 0 Å². The maximum Gasteiger partial charge on any atom is 0.212 e. The van der Waals surface area contributed by atoms with E-state index in [1.807, 2.05) is 41.0 Å². The maximum absolute atomic E-state index is 6.12. The van der Waals surface area contributed by atoms with Crippen LogP contribution in [0.15, 0.2) is 45.8 Å². The predicted molar refractivity (Wildman–Crippen MR) is 94.9 cm³/mol. The minimum Gasteiger partial charge on any atom is -0.441 e. The normalized spacial score (nSPS) is 20.2. The van der Waals surface area contributed by atoms with Crippen molar-refractivity contribution in [3.05, 3.63) is 42.2 Å². The van der Waals surface area contributed by atoms with Crippen molar-refractivity contribution in [1.29, 1.82) is 0 Å². The number of hydrogen-bond donors (Lipinski definition) is 2. The van der Waals surface area contributed by atoms with E-state index in [1.54, 1.807) is 0 Å². The molecule has 1 aromatic carbocycles. The summed E-state index contributed by atoms with van der Waals surface area (Å²) in [5, 5.41) is 3.03. The summed E-state index contributed by atoms with van der Waals surface area (Å²) in [7, 11) is 0. The highest BCUT2D eigenvalue weighted by Gasteiger charge is 2.28. The number of imidazole rings is 1. The molecule has 2 aromatic heterocycles. The summed E-state index contributed by atoms with van der Waals surface area (Å²) in [6, 6.07) is 11.9. The fourth-order valence-corrected chi connectivity index (χ4v) is 3.34. The van der Waals surface area contributed by atoms with Gasteiger partial charge in [-0.05, 0) is 18.2 Å². The average Bonchev–Trinajstić information content (AvgIpc) is 3.26. The second-order valence-electron chi connectivity index (χ2n) is 6.08. The topological polar surface area (TPSA) is 93.8 Å². The summed E-state index contributed by atoms with van der Waals surface area (Å²) in [5.74, 6) is 2.56. The molecule has 3 aromatic rings. The lowest BCUT2D eigenvalue weighted by Gasteiger charge is -2.26. The van der Waals surface area contributed by atoms with Gasteiger partial charge in [0.2, 0.25) is 5.95 Å². The Morgan fingerprint density at radius 2 is 1.96 bits per heavy atom. The van der Waals surface area contributed by atoms with Crippen LogP contribution in [0.3, 0.4) is 0 Å². The summed E-state index contributed by atoms with van der Waals surface area (Å²) in [6.07, 6.45) is -0.376. The van der Waals surface area contributed by atoms with Gasteiger partial charge in [-0.3, -0.25) is 9.88 Å². The molecule has 4 heterocycles. The molecule has 8 nitrogen and oxygen atoms in total. The number of nitrogens with one attached hydrogen (secondary N) is 1. The number of guanidine groups is 1. The first-order chi connectivity index (χ1) is 12.3. The Morgan fingerprint density at radius 3 is 2.84 bits per heavy atom. The molecule has 8 heteroatoms. The molecule has 128 valence electrons. The number of aliphatic imine (C=N–C) groups is 1. The van der Waals surface area contributed by atoms with E-state index in [0.29, 0.717) is 25.1 Å². The lowest BCUT2D eigenvalue weighted by Crippen LogP contribution is -2.35. The molecule has 2 aliphatic heterocycles. The number of nitrogens with two attached hydrogens (primary N) is 1. The summed E-state index contributed by atoms with van der Waals surface area (Å²) in [4.78, 5) is 11.3. The molecule has 5 rings (SSSR count). The van der Waals surface area contributed by atoms with E-state index in [2.05, 4.69) is 20.2 Å². The molecule has 0 amide bonds. The molecule has 3 N–H and O–H groups in total. The number of morpholine rings is 1. The van der Waals surface area contributed by atoms with Crippen molar-refractivity contribution in [2.24, 2.45) is 10.7 Å². The van der Waals surface area contributed by atoms with E-state index in [9.17, 15) is 0 Å². The Labute approximate surface area is 143 Å². The smallest absolute Gasteiger partial charge is 0.212 e. The molecule has 2 aliphatic rings. The second-order valence-corrected chi connectivity index (χ2v) is 6.08. The van der Waals surface area contributed by atoms with Crippen molar-refractivity contribution in [1.82, 2.24) is 9.55 Å². The molecule has 1 saturated heterocycles. The average molecular weight is 338 g/mol. The maximum atomic E-state index is 6.12. The Morgan fingerprint density at radius 1 is 1.12 bits per heavy atom. The quantitative estimate of drug-likeness (QED) is 0.739. The van der Waals surface area contributed by atoms with E-state index in [4.69, 9.17) is 14.9 Å². The number of ether oxygens (including phenoxy) is 1. The van der Waals surface area contributed by atoms with Crippen molar-refractivity contribution in [2.45, 2.75) is 6.17 Å². The van der Waals surface area contributed by atoms with Crippen LogP contribution >= 0.6 is 0 Å². The van der Waals surface area contributed by atoms with Gasteiger partial charge in [0.1, 0.15) is 0 Å². The van der Waals surface area contributed by atoms with Gasteiger partial charge < -0.3 is 19.8 Å². The van der Waals surface area contributed by atoms with Gasteiger partial charge in [0.05, 0.1) is 24.2 Å². The van der Waals surface area contributed by atoms with Crippen LogP contribution in [0.5, 0.6) is 0 Å². The first kappa shape index (κ1) is 14.4. The summed E-state index contributed by atoms with van der Waals surface area (Å²) in [6.45, 7) is 3.07. The molecular weight excluding hydrogens is 320 g/mol. The molecule has 1 atom stereocenters. The first-order valence-corrected chi connectivity index (χ1v) is 8.29. The van der Waals surface area contributed by atoms with Crippen LogP contribution in [0.25, 0.3) is 11.0 Å². The van der Waals surface area contributed by atoms with Crippen molar-refractivity contribution >= 4 is 28.8 Å². The number of aromatic nitrogens is 2. The van der Waals surface area contributed by atoms with E-state index < -0.39 is 0 Å². The summed E-state index contributed by atoms with van der Waals surface area (Å²) < 4.78 is 13.5. The zero-order valence-electron chi connectivity index (χ0n) is 13.6. The van der Waals surface area contributed by atoms with Gasteiger partial charge in [0.25, 0.3) is 0 Å². The molecule has 0 aliphatic carbocycles. The summed E-state index contributed by atoms with van der Waals surface area (Å²) >= 11 is 0. The van der Waals surface area contributed by atoms with Gasteiger partial charge in [-0.2, -0.15) is 0 Å². The third-order valence-corrected chi connectivity index (χ3v) is 4.53. The number of benzene rings is 1. The molecule has 0 spiro atoms. The van der Waals surface area contributed by atoms with Crippen LogP contribution in [0, 0.1) is 0 Å². The van der Waals surface area contributed by atoms with Crippen LogP contribution in [0.1, 0.15) is 11.9 Å². The Balaban J connectivity index is 1.57. The van der Waals surface area contributed by atoms with Gasteiger partial charge in [-0.25, -0.2) is 9.98 Å².